The summed E-state index contributed by atoms with van der Waals surface area (Å²) in [6, 6.07) is 9.75. The van der Waals surface area contributed by atoms with Gasteiger partial charge in [-0.05, 0) is 42.8 Å². The molecule has 0 spiro atoms. The minimum atomic E-state index is -3.88. The number of halogens is 1. The van der Waals surface area contributed by atoms with Crippen LogP contribution in [0.25, 0.3) is 11.5 Å². The number of aromatic amines is 1. The lowest BCUT2D eigenvalue weighted by atomic mass is 10.2. The van der Waals surface area contributed by atoms with Gasteiger partial charge in [0.05, 0.1) is 17.1 Å². The monoisotopic (exact) mass is 374 g/mol. The van der Waals surface area contributed by atoms with Crippen molar-refractivity contribution >= 4 is 10.0 Å². The molecule has 2 N–H and O–H groups in total. The molecule has 0 aliphatic carbocycles. The minimum absolute atomic E-state index is 0.0336. The van der Waals surface area contributed by atoms with E-state index >= 15 is 0 Å². The number of sulfonamides is 1. The number of hydrogen-bond donors (Lipinski definition) is 2. The van der Waals surface area contributed by atoms with E-state index in [0.29, 0.717) is 5.69 Å². The van der Waals surface area contributed by atoms with Gasteiger partial charge in [0, 0.05) is 12.3 Å². The van der Waals surface area contributed by atoms with E-state index in [1.807, 2.05) is 0 Å². The van der Waals surface area contributed by atoms with Crippen LogP contribution in [0.5, 0.6) is 0 Å². The van der Waals surface area contributed by atoms with Gasteiger partial charge in [-0.1, -0.05) is 6.07 Å². The molecule has 0 saturated carbocycles. The van der Waals surface area contributed by atoms with E-state index in [0.717, 1.165) is 12.1 Å². The Bertz CT molecular complexity index is 1100. The van der Waals surface area contributed by atoms with Crippen LogP contribution in [0.2, 0.25) is 0 Å². The standard InChI is InChI=1S/C17H15FN4O3S/c1-11-8-12(18)5-6-15(11)26(24,25)20-10-13-9-16(23)22-17(21-13)14-4-2-3-7-19-14/h2-9,20H,10H2,1H3,(H,21,22,23). The fraction of sp³-hybridized carbons (Fsp3) is 0.118. The number of pyridine rings is 1. The number of hydrogen-bond acceptors (Lipinski definition) is 5. The zero-order valence-corrected chi connectivity index (χ0v) is 14.5. The maximum absolute atomic E-state index is 13.2. The fourth-order valence-electron chi connectivity index (χ4n) is 2.38. The van der Waals surface area contributed by atoms with Crippen molar-refractivity contribution in [1.29, 1.82) is 0 Å². The summed E-state index contributed by atoms with van der Waals surface area (Å²) in [6.07, 6.45) is 1.56. The Morgan fingerprint density at radius 2 is 2.00 bits per heavy atom. The third-order valence-corrected chi connectivity index (χ3v) is 5.13. The second kappa shape index (κ2) is 7.14. The molecule has 3 aromatic rings. The molecule has 0 radical (unpaired) electrons. The van der Waals surface area contributed by atoms with Crippen LogP contribution in [0.1, 0.15) is 11.3 Å². The van der Waals surface area contributed by atoms with Crippen molar-refractivity contribution in [2.45, 2.75) is 18.4 Å². The summed E-state index contributed by atoms with van der Waals surface area (Å²) in [5.74, 6) is -0.275. The van der Waals surface area contributed by atoms with E-state index < -0.39 is 21.4 Å². The van der Waals surface area contributed by atoms with Crippen molar-refractivity contribution in [3.8, 4) is 11.5 Å². The number of aromatic nitrogens is 3. The van der Waals surface area contributed by atoms with Crippen LogP contribution >= 0.6 is 0 Å². The SMILES string of the molecule is Cc1cc(F)ccc1S(=O)(=O)NCc1cc(=O)[nH]c(-c2ccccn2)n1. The number of H-pyrrole nitrogens is 1. The average Bonchev–Trinajstić information content (AvgIpc) is 2.60. The van der Waals surface area contributed by atoms with Gasteiger partial charge in [0.1, 0.15) is 11.5 Å². The Morgan fingerprint density at radius 3 is 2.69 bits per heavy atom. The van der Waals surface area contributed by atoms with Gasteiger partial charge in [0.15, 0.2) is 5.82 Å². The molecular formula is C17H15FN4O3S. The van der Waals surface area contributed by atoms with Crippen molar-refractivity contribution in [2.75, 3.05) is 0 Å². The van der Waals surface area contributed by atoms with Gasteiger partial charge in [-0.2, -0.15) is 0 Å². The van der Waals surface area contributed by atoms with E-state index in [4.69, 9.17) is 0 Å². The lowest BCUT2D eigenvalue weighted by Gasteiger charge is -2.09. The highest BCUT2D eigenvalue weighted by molar-refractivity contribution is 7.89. The normalized spacial score (nSPS) is 11.5. The molecule has 3 rings (SSSR count). The van der Waals surface area contributed by atoms with E-state index in [-0.39, 0.29) is 28.5 Å². The van der Waals surface area contributed by atoms with Gasteiger partial charge in [-0.15, -0.1) is 0 Å². The molecule has 0 aliphatic heterocycles. The topological polar surface area (TPSA) is 105 Å². The van der Waals surface area contributed by atoms with Gasteiger partial charge >= 0.3 is 0 Å². The lowest BCUT2D eigenvalue weighted by Crippen LogP contribution is -2.25. The number of aryl methyl sites for hydroxylation is 1. The third kappa shape index (κ3) is 4.01. The largest absolute Gasteiger partial charge is 0.305 e. The fourth-order valence-corrected chi connectivity index (χ4v) is 3.61. The first-order chi connectivity index (χ1) is 12.3. The van der Waals surface area contributed by atoms with Gasteiger partial charge in [0.25, 0.3) is 5.56 Å². The highest BCUT2D eigenvalue weighted by Crippen LogP contribution is 2.16. The van der Waals surface area contributed by atoms with Crippen molar-refractivity contribution in [3.63, 3.8) is 0 Å². The second-order valence-corrected chi connectivity index (χ2v) is 7.27. The molecule has 0 bridgehead atoms. The number of nitrogens with one attached hydrogen (secondary N) is 2. The van der Waals surface area contributed by atoms with Crippen LogP contribution < -0.4 is 10.3 Å². The molecule has 7 nitrogen and oxygen atoms in total. The molecular weight excluding hydrogens is 359 g/mol. The second-order valence-electron chi connectivity index (χ2n) is 5.53. The van der Waals surface area contributed by atoms with Crippen molar-refractivity contribution < 1.29 is 12.8 Å². The molecule has 1 aromatic carbocycles. The maximum Gasteiger partial charge on any atom is 0.251 e. The summed E-state index contributed by atoms with van der Waals surface area (Å²) in [5.41, 5.74) is 0.555. The van der Waals surface area contributed by atoms with E-state index in [1.54, 1.807) is 24.4 Å². The summed E-state index contributed by atoms with van der Waals surface area (Å²) in [4.78, 5) is 22.7. The highest BCUT2D eigenvalue weighted by Gasteiger charge is 2.17. The third-order valence-electron chi connectivity index (χ3n) is 3.57. The summed E-state index contributed by atoms with van der Waals surface area (Å²) in [6.45, 7) is 1.31. The molecule has 26 heavy (non-hydrogen) atoms. The van der Waals surface area contributed by atoms with Gasteiger partial charge in [-0.25, -0.2) is 22.5 Å². The van der Waals surface area contributed by atoms with Crippen molar-refractivity contribution in [2.24, 2.45) is 0 Å². The zero-order valence-electron chi connectivity index (χ0n) is 13.7. The van der Waals surface area contributed by atoms with Crippen LogP contribution in [0.4, 0.5) is 4.39 Å². The van der Waals surface area contributed by atoms with Crippen LogP contribution in [-0.4, -0.2) is 23.4 Å². The Balaban J connectivity index is 1.85. The molecule has 0 aliphatic rings. The Labute approximate surface area is 149 Å². The van der Waals surface area contributed by atoms with E-state index in [1.165, 1.54) is 19.1 Å². The predicted octanol–water partition coefficient (Wildman–Crippen LogP) is 1.76. The first-order valence-electron chi connectivity index (χ1n) is 7.62. The summed E-state index contributed by atoms with van der Waals surface area (Å²) in [5, 5.41) is 0. The summed E-state index contributed by atoms with van der Waals surface area (Å²) < 4.78 is 40.4. The van der Waals surface area contributed by atoms with Crippen LogP contribution in [-0.2, 0) is 16.6 Å². The average molecular weight is 374 g/mol. The molecule has 9 heteroatoms. The number of rotatable bonds is 5. The summed E-state index contributed by atoms with van der Waals surface area (Å²) in [7, 11) is -3.88. The number of benzene rings is 1. The number of nitrogens with zero attached hydrogens (tertiary/aromatic N) is 2. The molecule has 0 fully saturated rings. The quantitative estimate of drug-likeness (QED) is 0.708. The maximum atomic E-state index is 13.2. The molecule has 0 unspecified atom stereocenters. The minimum Gasteiger partial charge on any atom is -0.305 e. The van der Waals surface area contributed by atoms with Crippen molar-refractivity contribution in [3.05, 3.63) is 76.1 Å². The van der Waals surface area contributed by atoms with Gasteiger partial charge in [-0.3, -0.25) is 9.78 Å². The van der Waals surface area contributed by atoms with Crippen LogP contribution in [0.3, 0.4) is 0 Å². The van der Waals surface area contributed by atoms with Gasteiger partial charge in [0.2, 0.25) is 10.0 Å². The molecule has 0 atom stereocenters. The first-order valence-corrected chi connectivity index (χ1v) is 9.11. The highest BCUT2D eigenvalue weighted by atomic mass is 32.2. The molecule has 2 aromatic heterocycles. The lowest BCUT2D eigenvalue weighted by molar-refractivity contribution is 0.578. The first kappa shape index (κ1) is 17.9. The van der Waals surface area contributed by atoms with Crippen LogP contribution in [0, 0.1) is 12.7 Å². The molecule has 0 amide bonds. The zero-order chi connectivity index (χ0) is 18.7. The molecule has 0 saturated heterocycles. The van der Waals surface area contributed by atoms with E-state index in [9.17, 15) is 17.6 Å². The predicted molar refractivity (Wildman–Crippen MR) is 93.3 cm³/mol. The molecule has 2 heterocycles. The van der Waals surface area contributed by atoms with Gasteiger partial charge < -0.3 is 4.98 Å². The Morgan fingerprint density at radius 1 is 1.19 bits per heavy atom. The van der Waals surface area contributed by atoms with Crippen molar-refractivity contribution in [1.82, 2.24) is 19.7 Å². The van der Waals surface area contributed by atoms with Crippen LogP contribution in [0.15, 0.2) is 58.4 Å². The van der Waals surface area contributed by atoms with E-state index in [2.05, 4.69) is 19.7 Å². The smallest absolute Gasteiger partial charge is 0.251 e. The Hall–Kier alpha value is -2.91. The molecule has 134 valence electrons. The Kier molecular flexibility index (Phi) is 4.92. The summed E-state index contributed by atoms with van der Waals surface area (Å²) >= 11 is 0.